The highest BCUT2D eigenvalue weighted by Crippen LogP contribution is 2.39. The first-order valence-electron chi connectivity index (χ1n) is 7.09. The van der Waals surface area contributed by atoms with Gasteiger partial charge >= 0.3 is 0 Å². The summed E-state index contributed by atoms with van der Waals surface area (Å²) < 4.78 is 7.07. The van der Waals surface area contributed by atoms with Gasteiger partial charge in [0.1, 0.15) is 17.0 Å². The molecule has 2 heterocycles. The van der Waals surface area contributed by atoms with Gasteiger partial charge in [0.05, 0.1) is 5.56 Å². The normalized spacial score (nSPS) is 11.3. The number of rotatable bonds is 1. The molecule has 2 aromatic heterocycles. The summed E-state index contributed by atoms with van der Waals surface area (Å²) in [7, 11) is 1.58. The van der Waals surface area contributed by atoms with E-state index in [-0.39, 0.29) is 16.9 Å². The quantitative estimate of drug-likeness (QED) is 0.749. The average Bonchev–Trinajstić information content (AvgIpc) is 2.73. The van der Waals surface area contributed by atoms with Gasteiger partial charge in [-0.25, -0.2) is 4.68 Å². The zero-order chi connectivity index (χ0) is 16.2. The minimum Gasteiger partial charge on any atom is -0.505 e. The van der Waals surface area contributed by atoms with Gasteiger partial charge in [0.25, 0.3) is 5.56 Å². The van der Waals surface area contributed by atoms with E-state index in [9.17, 15) is 9.90 Å². The Morgan fingerprint density at radius 3 is 2.50 bits per heavy atom. The molecule has 0 amide bonds. The molecule has 5 heteroatoms. The van der Waals surface area contributed by atoms with Gasteiger partial charge in [0, 0.05) is 18.0 Å². The Kier molecular flexibility index (Phi) is 3.09. The minimum atomic E-state index is -0.339. The lowest BCUT2D eigenvalue weighted by molar-refractivity contribution is 0.460. The maximum absolute atomic E-state index is 12.5. The summed E-state index contributed by atoms with van der Waals surface area (Å²) in [6.45, 7) is 7.45. The molecule has 0 saturated heterocycles. The van der Waals surface area contributed by atoms with Crippen LogP contribution < -0.4 is 5.56 Å². The molecule has 0 saturated carbocycles. The van der Waals surface area contributed by atoms with E-state index in [1.807, 2.05) is 26.0 Å². The molecule has 0 unspecified atom stereocenters. The second-order valence-corrected chi connectivity index (χ2v) is 5.73. The molecule has 0 spiro atoms. The van der Waals surface area contributed by atoms with Crippen LogP contribution in [0, 0.1) is 27.7 Å². The summed E-state index contributed by atoms with van der Waals surface area (Å²) in [6.07, 6.45) is 0. The van der Waals surface area contributed by atoms with Crippen LogP contribution >= 0.6 is 0 Å². The summed E-state index contributed by atoms with van der Waals surface area (Å²) in [6, 6.07) is 3.98. The van der Waals surface area contributed by atoms with E-state index in [1.165, 1.54) is 4.68 Å². The number of hydrogen-bond donors (Lipinski definition) is 1. The van der Waals surface area contributed by atoms with Crippen molar-refractivity contribution < 1.29 is 9.52 Å². The number of nitrogens with zero attached hydrogens (tertiary/aromatic N) is 2. The molecule has 0 bridgehead atoms. The highest BCUT2D eigenvalue weighted by molar-refractivity contribution is 5.99. The Hall–Kier alpha value is -2.56. The van der Waals surface area contributed by atoms with Crippen molar-refractivity contribution in [3.05, 3.63) is 45.1 Å². The van der Waals surface area contributed by atoms with Gasteiger partial charge < -0.3 is 9.52 Å². The number of fused-ring (bicyclic) bond motifs is 1. The SMILES string of the molecule is Cc1cc(C)c2c(-c3c(O)c(C)nn(C)c3=O)c(C)oc2c1. The first-order chi connectivity index (χ1) is 10.3. The first kappa shape index (κ1) is 14.4. The van der Waals surface area contributed by atoms with Crippen LogP contribution in [0.3, 0.4) is 0 Å². The summed E-state index contributed by atoms with van der Waals surface area (Å²) in [5.74, 6) is 0.524. The van der Waals surface area contributed by atoms with Crippen LogP contribution in [0.4, 0.5) is 0 Å². The third-order valence-corrected chi connectivity index (χ3v) is 3.95. The molecular weight excluding hydrogens is 280 g/mol. The minimum absolute atomic E-state index is 0.0890. The molecule has 22 heavy (non-hydrogen) atoms. The largest absolute Gasteiger partial charge is 0.505 e. The zero-order valence-corrected chi connectivity index (χ0v) is 13.3. The van der Waals surface area contributed by atoms with E-state index in [0.29, 0.717) is 17.0 Å². The highest BCUT2D eigenvalue weighted by atomic mass is 16.3. The molecule has 3 aromatic rings. The van der Waals surface area contributed by atoms with Crippen molar-refractivity contribution in [2.24, 2.45) is 7.05 Å². The second-order valence-electron chi connectivity index (χ2n) is 5.73. The van der Waals surface area contributed by atoms with Crippen LogP contribution in [0.15, 0.2) is 21.3 Å². The topological polar surface area (TPSA) is 68.3 Å². The number of hydrogen-bond acceptors (Lipinski definition) is 4. The standard InChI is InChI=1S/C17H18N2O3/c1-8-6-9(2)13-12(7-8)22-11(4)14(13)15-16(20)10(3)18-19(5)17(15)21/h6-7,20H,1-5H3. The van der Waals surface area contributed by atoms with Crippen LogP contribution in [0.1, 0.15) is 22.6 Å². The summed E-state index contributed by atoms with van der Waals surface area (Å²) in [5.41, 5.74) is 3.80. The smallest absolute Gasteiger partial charge is 0.278 e. The zero-order valence-electron chi connectivity index (χ0n) is 13.3. The summed E-state index contributed by atoms with van der Waals surface area (Å²) >= 11 is 0. The Bertz CT molecular complexity index is 964. The number of aromatic nitrogens is 2. The molecule has 5 nitrogen and oxygen atoms in total. The fourth-order valence-electron chi connectivity index (χ4n) is 3.01. The van der Waals surface area contributed by atoms with Gasteiger partial charge in [0.15, 0.2) is 5.75 Å². The maximum Gasteiger partial charge on any atom is 0.278 e. The molecule has 0 aliphatic rings. The molecule has 0 aliphatic carbocycles. The monoisotopic (exact) mass is 298 g/mol. The molecule has 0 atom stereocenters. The maximum atomic E-state index is 12.5. The number of furan rings is 1. The molecule has 0 fully saturated rings. The highest BCUT2D eigenvalue weighted by Gasteiger charge is 2.23. The average molecular weight is 298 g/mol. The van der Waals surface area contributed by atoms with Crippen molar-refractivity contribution in [1.29, 1.82) is 0 Å². The predicted octanol–water partition coefficient (Wildman–Crippen LogP) is 3.13. The summed E-state index contributed by atoms with van der Waals surface area (Å²) in [5, 5.41) is 15.3. The van der Waals surface area contributed by atoms with Crippen LogP contribution in [0.2, 0.25) is 0 Å². The Morgan fingerprint density at radius 2 is 1.82 bits per heavy atom. The lowest BCUT2D eigenvalue weighted by atomic mass is 9.98. The number of aromatic hydroxyl groups is 1. The number of benzene rings is 1. The van der Waals surface area contributed by atoms with E-state index in [2.05, 4.69) is 5.10 Å². The van der Waals surface area contributed by atoms with Gasteiger partial charge in [-0.05, 0) is 44.9 Å². The van der Waals surface area contributed by atoms with E-state index < -0.39 is 0 Å². The molecule has 1 aromatic carbocycles. The van der Waals surface area contributed by atoms with Crippen LogP contribution in [-0.2, 0) is 7.05 Å². The van der Waals surface area contributed by atoms with Crippen molar-refractivity contribution in [1.82, 2.24) is 9.78 Å². The van der Waals surface area contributed by atoms with E-state index >= 15 is 0 Å². The third-order valence-electron chi connectivity index (χ3n) is 3.95. The van der Waals surface area contributed by atoms with Crippen molar-refractivity contribution in [2.75, 3.05) is 0 Å². The lowest BCUT2D eigenvalue weighted by Gasteiger charge is -2.09. The van der Waals surface area contributed by atoms with Gasteiger partial charge in [0.2, 0.25) is 0 Å². The lowest BCUT2D eigenvalue weighted by Crippen LogP contribution is -2.22. The van der Waals surface area contributed by atoms with E-state index in [1.54, 1.807) is 20.9 Å². The van der Waals surface area contributed by atoms with Crippen LogP contribution in [-0.4, -0.2) is 14.9 Å². The number of aryl methyl sites for hydroxylation is 5. The van der Waals surface area contributed by atoms with Crippen molar-refractivity contribution in [2.45, 2.75) is 27.7 Å². The van der Waals surface area contributed by atoms with Gasteiger partial charge in [-0.15, -0.1) is 0 Å². The Balaban J connectivity index is 2.52. The fraction of sp³-hybridized carbons (Fsp3) is 0.294. The van der Waals surface area contributed by atoms with Crippen molar-refractivity contribution in [3.63, 3.8) is 0 Å². The van der Waals surface area contributed by atoms with Crippen molar-refractivity contribution >= 4 is 11.0 Å². The van der Waals surface area contributed by atoms with Crippen LogP contribution in [0.5, 0.6) is 5.75 Å². The molecule has 0 aliphatic heterocycles. The Morgan fingerprint density at radius 1 is 1.14 bits per heavy atom. The third kappa shape index (κ3) is 1.93. The van der Waals surface area contributed by atoms with E-state index in [0.717, 1.165) is 22.1 Å². The predicted molar refractivity (Wildman–Crippen MR) is 85.3 cm³/mol. The van der Waals surface area contributed by atoms with E-state index in [4.69, 9.17) is 4.42 Å². The van der Waals surface area contributed by atoms with Gasteiger partial charge in [-0.1, -0.05) is 6.07 Å². The molecule has 1 N–H and O–H groups in total. The van der Waals surface area contributed by atoms with Gasteiger partial charge in [-0.3, -0.25) is 4.79 Å². The Labute approximate surface area is 127 Å². The molecule has 0 radical (unpaired) electrons. The fourth-order valence-corrected chi connectivity index (χ4v) is 3.01. The molecule has 114 valence electrons. The first-order valence-corrected chi connectivity index (χ1v) is 7.09. The molecular formula is C17H18N2O3. The van der Waals surface area contributed by atoms with Crippen LogP contribution in [0.25, 0.3) is 22.1 Å². The van der Waals surface area contributed by atoms with Gasteiger partial charge in [-0.2, -0.15) is 5.10 Å². The molecule has 3 rings (SSSR count). The second kappa shape index (κ2) is 4.73. The summed E-state index contributed by atoms with van der Waals surface area (Å²) in [4.78, 5) is 12.5. The van der Waals surface area contributed by atoms with Crippen molar-refractivity contribution in [3.8, 4) is 16.9 Å².